The Morgan fingerprint density at radius 1 is 1.58 bits per heavy atom. The number of aliphatic imine (C=N–C) groups is 2. The summed E-state index contributed by atoms with van der Waals surface area (Å²) in [5, 5.41) is 8.65. The van der Waals surface area contributed by atoms with E-state index in [4.69, 9.17) is 5.11 Å². The summed E-state index contributed by atoms with van der Waals surface area (Å²) in [7, 11) is 0. The predicted molar refractivity (Wildman–Crippen MR) is 44.3 cm³/mol. The summed E-state index contributed by atoms with van der Waals surface area (Å²) in [5.74, 6) is -0.913. The van der Waals surface area contributed by atoms with Crippen LogP contribution < -0.4 is 0 Å². The predicted octanol–water partition coefficient (Wildman–Crippen LogP) is 0.768. The van der Waals surface area contributed by atoms with Crippen molar-refractivity contribution in [2.45, 2.75) is 6.42 Å². The number of carboxylic acids is 1. The molecule has 2 rings (SSSR count). The zero-order valence-electron chi connectivity index (χ0n) is 6.19. The minimum atomic E-state index is -0.913. The van der Waals surface area contributed by atoms with Crippen LogP contribution in [0.5, 0.6) is 0 Å². The van der Waals surface area contributed by atoms with Gasteiger partial charge in [0.2, 0.25) is 0 Å². The van der Waals surface area contributed by atoms with Crippen LogP contribution in [-0.4, -0.2) is 23.1 Å². The van der Waals surface area contributed by atoms with Gasteiger partial charge in [0.1, 0.15) is 6.34 Å². The molecule has 2 aliphatic rings. The van der Waals surface area contributed by atoms with Gasteiger partial charge in [-0.05, 0) is 6.08 Å². The van der Waals surface area contributed by atoms with Crippen LogP contribution in [0.3, 0.4) is 0 Å². The van der Waals surface area contributed by atoms with Crippen LogP contribution in [-0.2, 0) is 4.79 Å². The first-order valence-electron chi connectivity index (χ1n) is 3.52. The van der Waals surface area contributed by atoms with E-state index >= 15 is 0 Å². The molecule has 12 heavy (non-hydrogen) atoms. The molecular weight excluding hydrogens is 156 g/mol. The fourth-order valence-electron chi connectivity index (χ4n) is 1.14. The lowest BCUT2D eigenvalue weighted by Gasteiger charge is -2.05. The zero-order valence-corrected chi connectivity index (χ0v) is 6.19. The van der Waals surface area contributed by atoms with Gasteiger partial charge < -0.3 is 5.11 Å². The molecule has 4 heteroatoms. The van der Waals surface area contributed by atoms with Crippen molar-refractivity contribution in [3.63, 3.8) is 0 Å². The molecule has 0 atom stereocenters. The lowest BCUT2D eigenvalue weighted by atomic mass is 10.0. The van der Waals surface area contributed by atoms with Gasteiger partial charge in [0.15, 0.2) is 0 Å². The summed E-state index contributed by atoms with van der Waals surface area (Å²) < 4.78 is 0. The Morgan fingerprint density at radius 2 is 2.42 bits per heavy atom. The van der Waals surface area contributed by atoms with Crippen LogP contribution in [0.25, 0.3) is 0 Å². The second-order valence-electron chi connectivity index (χ2n) is 2.52. The molecule has 0 amide bonds. The van der Waals surface area contributed by atoms with Gasteiger partial charge in [-0.25, -0.2) is 14.8 Å². The van der Waals surface area contributed by atoms with Gasteiger partial charge in [0.05, 0.1) is 17.0 Å². The van der Waals surface area contributed by atoms with Crippen LogP contribution in [0.2, 0.25) is 0 Å². The van der Waals surface area contributed by atoms with E-state index in [0.717, 1.165) is 5.71 Å². The molecule has 1 aliphatic heterocycles. The van der Waals surface area contributed by atoms with E-state index in [2.05, 4.69) is 9.98 Å². The number of allylic oxidation sites excluding steroid dienone is 2. The molecule has 0 unspecified atom stereocenters. The second kappa shape index (κ2) is 2.41. The number of carboxylic acid groups (broad SMARTS) is 1. The summed E-state index contributed by atoms with van der Waals surface area (Å²) in [5.41, 5.74) is 1.82. The van der Waals surface area contributed by atoms with Crippen molar-refractivity contribution in [2.24, 2.45) is 9.98 Å². The van der Waals surface area contributed by atoms with E-state index in [0.29, 0.717) is 17.7 Å². The normalized spacial score (nSPS) is 19.5. The zero-order chi connectivity index (χ0) is 8.55. The number of carbonyl (C=O) groups is 1. The highest BCUT2D eigenvalue weighted by molar-refractivity contribution is 6.11. The first kappa shape index (κ1) is 6.97. The largest absolute Gasteiger partial charge is 0.478 e. The van der Waals surface area contributed by atoms with Crippen molar-refractivity contribution < 1.29 is 9.90 Å². The highest BCUT2D eigenvalue weighted by Gasteiger charge is 2.17. The molecule has 1 N–H and O–H groups in total. The van der Waals surface area contributed by atoms with Crippen molar-refractivity contribution in [3.8, 4) is 0 Å². The van der Waals surface area contributed by atoms with Crippen molar-refractivity contribution in [1.82, 2.24) is 0 Å². The third-order valence-corrected chi connectivity index (χ3v) is 1.76. The lowest BCUT2D eigenvalue weighted by Crippen LogP contribution is -2.07. The summed E-state index contributed by atoms with van der Waals surface area (Å²) in [6.45, 7) is 0. The minimum Gasteiger partial charge on any atom is -0.478 e. The Bertz CT molecular complexity index is 361. The molecule has 0 saturated heterocycles. The van der Waals surface area contributed by atoms with E-state index in [-0.39, 0.29) is 0 Å². The molecule has 0 radical (unpaired) electrons. The number of aliphatic carboxylic acids is 1. The quantitative estimate of drug-likeness (QED) is 0.618. The van der Waals surface area contributed by atoms with Gasteiger partial charge in [-0.2, -0.15) is 0 Å². The SMILES string of the molecule is O=C(O)C1=CCC2=NC=NC2=C1. The minimum absolute atomic E-state index is 0.294. The van der Waals surface area contributed by atoms with Crippen LogP contribution >= 0.6 is 0 Å². The summed E-state index contributed by atoms with van der Waals surface area (Å²) >= 11 is 0. The van der Waals surface area contributed by atoms with Crippen molar-refractivity contribution in [2.75, 3.05) is 0 Å². The summed E-state index contributed by atoms with van der Waals surface area (Å²) in [6.07, 6.45) is 5.18. The fourth-order valence-corrected chi connectivity index (χ4v) is 1.14. The molecule has 0 saturated carbocycles. The molecular formula is C8H6N2O2. The maximum atomic E-state index is 10.5. The molecule has 4 nitrogen and oxygen atoms in total. The average molecular weight is 162 g/mol. The first-order valence-corrected chi connectivity index (χ1v) is 3.52. The van der Waals surface area contributed by atoms with Gasteiger partial charge in [-0.3, -0.25) is 0 Å². The Kier molecular flexibility index (Phi) is 1.40. The smallest absolute Gasteiger partial charge is 0.335 e. The molecule has 0 aromatic rings. The molecule has 0 bridgehead atoms. The van der Waals surface area contributed by atoms with E-state index < -0.39 is 5.97 Å². The molecule has 60 valence electrons. The van der Waals surface area contributed by atoms with Gasteiger partial charge in [0.25, 0.3) is 0 Å². The second-order valence-corrected chi connectivity index (χ2v) is 2.52. The lowest BCUT2D eigenvalue weighted by molar-refractivity contribution is -0.132. The number of hydrogen-bond donors (Lipinski definition) is 1. The van der Waals surface area contributed by atoms with E-state index in [1.54, 1.807) is 6.08 Å². The molecule has 1 heterocycles. The third-order valence-electron chi connectivity index (χ3n) is 1.76. The third kappa shape index (κ3) is 0.972. The monoisotopic (exact) mass is 162 g/mol. The maximum absolute atomic E-state index is 10.5. The summed E-state index contributed by atoms with van der Waals surface area (Å²) in [6, 6.07) is 0. The Morgan fingerprint density at radius 3 is 3.17 bits per heavy atom. The number of fused-ring (bicyclic) bond motifs is 1. The van der Waals surface area contributed by atoms with Crippen LogP contribution in [0, 0.1) is 0 Å². The first-order chi connectivity index (χ1) is 5.77. The van der Waals surface area contributed by atoms with Crippen LogP contribution in [0.4, 0.5) is 0 Å². The molecule has 0 fully saturated rings. The topological polar surface area (TPSA) is 62.0 Å². The number of rotatable bonds is 1. The van der Waals surface area contributed by atoms with Gasteiger partial charge in [-0.15, -0.1) is 0 Å². The number of nitrogens with zero attached hydrogens (tertiary/aromatic N) is 2. The van der Waals surface area contributed by atoms with Crippen LogP contribution in [0.1, 0.15) is 6.42 Å². The van der Waals surface area contributed by atoms with Crippen LogP contribution in [0.15, 0.2) is 33.4 Å². The molecule has 1 aliphatic carbocycles. The van der Waals surface area contributed by atoms with E-state index in [9.17, 15) is 4.79 Å². The summed E-state index contributed by atoms with van der Waals surface area (Å²) in [4.78, 5) is 18.4. The maximum Gasteiger partial charge on any atom is 0.335 e. The fraction of sp³-hybridized carbons (Fsp3) is 0.125. The van der Waals surface area contributed by atoms with E-state index in [1.165, 1.54) is 12.4 Å². The van der Waals surface area contributed by atoms with Crippen molar-refractivity contribution in [1.29, 1.82) is 0 Å². The molecule has 0 spiro atoms. The van der Waals surface area contributed by atoms with Gasteiger partial charge in [0, 0.05) is 6.42 Å². The Balaban J connectivity index is 2.36. The Labute approximate surface area is 68.6 Å². The van der Waals surface area contributed by atoms with Gasteiger partial charge in [-0.1, -0.05) is 6.08 Å². The van der Waals surface area contributed by atoms with Gasteiger partial charge >= 0.3 is 5.97 Å². The molecule has 0 aromatic heterocycles. The molecule has 0 aromatic carbocycles. The highest BCUT2D eigenvalue weighted by Crippen LogP contribution is 2.19. The van der Waals surface area contributed by atoms with E-state index in [1.807, 2.05) is 0 Å². The van der Waals surface area contributed by atoms with Crippen molar-refractivity contribution in [3.05, 3.63) is 23.4 Å². The number of hydrogen-bond acceptors (Lipinski definition) is 3. The highest BCUT2D eigenvalue weighted by atomic mass is 16.4. The average Bonchev–Trinajstić information content (AvgIpc) is 2.49. The van der Waals surface area contributed by atoms with Crippen molar-refractivity contribution >= 4 is 18.0 Å². The standard InChI is InChI=1S/C8H6N2O2/c11-8(12)5-1-2-6-7(3-5)10-4-9-6/h1,3-4H,2H2,(H,11,12). The Hall–Kier alpha value is -1.71.